The molecule has 6 nitrogen and oxygen atoms in total. The van der Waals surface area contributed by atoms with Crippen LogP contribution in [0.4, 0.5) is 5.69 Å². The molecule has 146 valence electrons. The van der Waals surface area contributed by atoms with E-state index in [0.29, 0.717) is 17.1 Å². The highest BCUT2D eigenvalue weighted by atomic mass is 32.1. The van der Waals surface area contributed by atoms with Gasteiger partial charge in [-0.25, -0.2) is 9.78 Å². The van der Waals surface area contributed by atoms with E-state index < -0.39 is 12.1 Å². The van der Waals surface area contributed by atoms with Crippen molar-refractivity contribution in [2.24, 2.45) is 0 Å². The highest BCUT2D eigenvalue weighted by Gasteiger charge is 2.24. The Balaban J connectivity index is 1.67. The molecule has 0 fully saturated rings. The molecule has 7 heteroatoms. The van der Waals surface area contributed by atoms with Crippen LogP contribution in [0, 0.1) is 20.8 Å². The number of hydrogen-bond acceptors (Lipinski definition) is 6. The Kier molecular flexibility index (Phi) is 5.65. The van der Waals surface area contributed by atoms with Gasteiger partial charge in [-0.3, -0.25) is 4.79 Å². The number of pyridine rings is 1. The summed E-state index contributed by atoms with van der Waals surface area (Å²) in [7, 11) is 0. The van der Waals surface area contributed by atoms with Crippen molar-refractivity contribution in [1.82, 2.24) is 10.3 Å². The molecule has 0 saturated carbocycles. The second-order valence-corrected chi connectivity index (χ2v) is 7.86. The molecule has 1 unspecified atom stereocenters. The van der Waals surface area contributed by atoms with E-state index in [2.05, 4.69) is 10.3 Å². The summed E-state index contributed by atoms with van der Waals surface area (Å²) in [6.45, 7) is 7.73. The second-order valence-electron chi connectivity index (χ2n) is 6.86. The van der Waals surface area contributed by atoms with Crippen molar-refractivity contribution in [3.8, 4) is 0 Å². The zero-order valence-corrected chi connectivity index (χ0v) is 17.1. The van der Waals surface area contributed by atoms with Gasteiger partial charge in [-0.15, -0.1) is 11.3 Å². The van der Waals surface area contributed by atoms with Crippen molar-refractivity contribution >= 4 is 39.1 Å². The maximum absolute atomic E-state index is 12.6. The van der Waals surface area contributed by atoms with Crippen LogP contribution in [0.25, 0.3) is 10.2 Å². The summed E-state index contributed by atoms with van der Waals surface area (Å²) in [5.74, 6) is -0.978. The number of nitrogens with two attached hydrogens (primary N) is 1. The van der Waals surface area contributed by atoms with Crippen LogP contribution in [-0.2, 0) is 16.1 Å². The van der Waals surface area contributed by atoms with Crippen molar-refractivity contribution in [3.63, 3.8) is 0 Å². The summed E-state index contributed by atoms with van der Waals surface area (Å²) in [6.07, 6.45) is -0.932. The molecule has 0 aliphatic rings. The van der Waals surface area contributed by atoms with Crippen LogP contribution in [0.3, 0.4) is 0 Å². The van der Waals surface area contributed by atoms with Gasteiger partial charge < -0.3 is 15.8 Å². The van der Waals surface area contributed by atoms with Gasteiger partial charge in [-0.05, 0) is 44.9 Å². The lowest BCUT2D eigenvalue weighted by Gasteiger charge is -2.13. The number of nitrogens with zero attached hydrogens (tertiary/aromatic N) is 1. The summed E-state index contributed by atoms with van der Waals surface area (Å²) < 4.78 is 5.34. The Bertz CT molecular complexity index is 1040. The fourth-order valence-corrected chi connectivity index (χ4v) is 4.03. The standard InChI is InChI=1S/C21H23N3O3S/c1-11-5-7-15(8-6-11)10-23-19(25)14(4)27-21(26)18-17(22)16-12(2)9-13(3)24-20(16)28-18/h5-9,14H,10,22H2,1-4H3,(H,23,25). The van der Waals surface area contributed by atoms with Gasteiger partial charge in [0.1, 0.15) is 9.71 Å². The maximum Gasteiger partial charge on any atom is 0.351 e. The number of esters is 1. The molecular weight excluding hydrogens is 374 g/mol. The minimum Gasteiger partial charge on any atom is -0.448 e. The molecule has 28 heavy (non-hydrogen) atoms. The Morgan fingerprint density at radius 1 is 1.21 bits per heavy atom. The Hall–Kier alpha value is -2.93. The van der Waals surface area contributed by atoms with Crippen LogP contribution < -0.4 is 11.1 Å². The van der Waals surface area contributed by atoms with Gasteiger partial charge in [0.15, 0.2) is 6.10 Å². The number of rotatable bonds is 5. The summed E-state index contributed by atoms with van der Waals surface area (Å²) in [5.41, 5.74) is 10.4. The van der Waals surface area contributed by atoms with Gasteiger partial charge in [-0.1, -0.05) is 29.8 Å². The number of nitrogen functional groups attached to an aromatic ring is 1. The highest BCUT2D eigenvalue weighted by molar-refractivity contribution is 7.21. The van der Waals surface area contributed by atoms with Crippen LogP contribution in [0.15, 0.2) is 30.3 Å². The average Bonchev–Trinajstić information content (AvgIpc) is 2.97. The number of amides is 1. The average molecular weight is 398 g/mol. The Labute approximate surface area is 167 Å². The Morgan fingerprint density at radius 2 is 1.89 bits per heavy atom. The zero-order valence-electron chi connectivity index (χ0n) is 16.3. The summed E-state index contributed by atoms with van der Waals surface area (Å²) in [4.78, 5) is 30.2. The molecule has 3 N–H and O–H groups in total. The minimum absolute atomic E-state index is 0.273. The molecule has 1 amide bonds. The van der Waals surface area contributed by atoms with E-state index in [4.69, 9.17) is 10.5 Å². The number of carbonyl (C=O) groups is 2. The molecule has 2 aromatic heterocycles. The summed E-state index contributed by atoms with van der Waals surface area (Å²) in [5, 5.41) is 3.54. The molecule has 0 aliphatic heterocycles. The zero-order chi connectivity index (χ0) is 20.4. The predicted octanol–water partition coefficient (Wildman–Crippen LogP) is 3.67. The van der Waals surface area contributed by atoms with E-state index in [0.717, 1.165) is 27.8 Å². The van der Waals surface area contributed by atoms with Crippen molar-refractivity contribution < 1.29 is 14.3 Å². The quantitative estimate of drug-likeness (QED) is 0.641. The number of carbonyl (C=O) groups excluding carboxylic acids is 2. The van der Waals surface area contributed by atoms with Crippen molar-refractivity contribution in [2.45, 2.75) is 40.3 Å². The molecule has 3 aromatic rings. The van der Waals surface area contributed by atoms with Gasteiger partial charge in [0, 0.05) is 17.6 Å². The van der Waals surface area contributed by atoms with Gasteiger partial charge in [0.05, 0.1) is 5.69 Å². The topological polar surface area (TPSA) is 94.3 Å². The monoisotopic (exact) mass is 397 g/mol. The molecule has 3 rings (SSSR count). The van der Waals surface area contributed by atoms with Gasteiger partial charge in [0.2, 0.25) is 0 Å². The number of anilines is 1. The van der Waals surface area contributed by atoms with Crippen molar-refractivity contribution in [3.05, 3.63) is 57.6 Å². The second kappa shape index (κ2) is 7.98. The highest BCUT2D eigenvalue weighted by Crippen LogP contribution is 2.35. The van der Waals surface area contributed by atoms with Crippen molar-refractivity contribution in [1.29, 1.82) is 0 Å². The van der Waals surface area contributed by atoms with Crippen LogP contribution in [0.2, 0.25) is 0 Å². The first-order chi connectivity index (χ1) is 13.3. The minimum atomic E-state index is -0.932. The van der Waals surface area contributed by atoms with E-state index in [-0.39, 0.29) is 10.8 Å². The van der Waals surface area contributed by atoms with E-state index >= 15 is 0 Å². The smallest absolute Gasteiger partial charge is 0.351 e. The molecule has 2 heterocycles. The van der Waals surface area contributed by atoms with E-state index in [1.54, 1.807) is 6.92 Å². The molecule has 1 aromatic carbocycles. The predicted molar refractivity (Wildman–Crippen MR) is 111 cm³/mol. The van der Waals surface area contributed by atoms with Crippen LogP contribution in [0.5, 0.6) is 0 Å². The van der Waals surface area contributed by atoms with Gasteiger partial charge in [-0.2, -0.15) is 0 Å². The number of ether oxygens (including phenoxy) is 1. The normalized spacial score (nSPS) is 12.0. The van der Waals surface area contributed by atoms with Gasteiger partial charge >= 0.3 is 5.97 Å². The maximum atomic E-state index is 12.6. The summed E-state index contributed by atoms with van der Waals surface area (Å²) in [6, 6.07) is 9.77. The number of benzene rings is 1. The summed E-state index contributed by atoms with van der Waals surface area (Å²) >= 11 is 1.18. The van der Waals surface area contributed by atoms with Gasteiger partial charge in [0.25, 0.3) is 5.91 Å². The number of thiophene rings is 1. The third-order valence-corrected chi connectivity index (χ3v) is 5.53. The number of fused-ring (bicyclic) bond motifs is 1. The third-order valence-electron chi connectivity index (χ3n) is 4.45. The molecule has 1 atom stereocenters. The number of aromatic nitrogens is 1. The first-order valence-corrected chi connectivity index (χ1v) is 9.78. The van der Waals surface area contributed by atoms with Crippen LogP contribution in [0.1, 0.15) is 39.0 Å². The first-order valence-electron chi connectivity index (χ1n) is 8.96. The molecule has 0 spiro atoms. The van der Waals surface area contributed by atoms with E-state index in [1.165, 1.54) is 11.3 Å². The Morgan fingerprint density at radius 3 is 2.57 bits per heavy atom. The molecule has 0 saturated heterocycles. The number of nitrogens with one attached hydrogen (secondary N) is 1. The number of hydrogen-bond donors (Lipinski definition) is 2. The third kappa shape index (κ3) is 4.14. The largest absolute Gasteiger partial charge is 0.448 e. The lowest BCUT2D eigenvalue weighted by molar-refractivity contribution is -0.129. The van der Waals surface area contributed by atoms with Crippen LogP contribution >= 0.6 is 11.3 Å². The molecule has 0 bridgehead atoms. The molecular formula is C21H23N3O3S. The van der Waals surface area contributed by atoms with Crippen molar-refractivity contribution in [2.75, 3.05) is 5.73 Å². The molecule has 0 aliphatic carbocycles. The van der Waals surface area contributed by atoms with E-state index in [9.17, 15) is 9.59 Å². The SMILES string of the molecule is Cc1ccc(CNC(=O)C(C)OC(=O)c2sc3nc(C)cc(C)c3c2N)cc1. The van der Waals surface area contributed by atoms with E-state index in [1.807, 2.05) is 51.1 Å². The molecule has 0 radical (unpaired) electrons. The fourth-order valence-electron chi connectivity index (χ4n) is 2.93. The number of aryl methyl sites for hydroxylation is 3. The lowest BCUT2D eigenvalue weighted by Crippen LogP contribution is -2.35. The lowest BCUT2D eigenvalue weighted by atomic mass is 10.1. The van der Waals surface area contributed by atoms with Crippen LogP contribution in [-0.4, -0.2) is 23.0 Å². The first kappa shape index (κ1) is 19.8. The fraction of sp³-hybridized carbons (Fsp3) is 0.286.